The molecule has 0 atom stereocenters. The van der Waals surface area contributed by atoms with Crippen LogP contribution in [0.2, 0.25) is 0 Å². The van der Waals surface area contributed by atoms with Crippen molar-refractivity contribution in [1.82, 2.24) is 0 Å². The van der Waals surface area contributed by atoms with Gasteiger partial charge in [-0.15, -0.1) is 0 Å². The molecule has 0 aromatic carbocycles. The Labute approximate surface area is 82.9 Å². The largest absolute Gasteiger partial charge is 0.463 e. The molecule has 2 nitrogen and oxygen atoms in total. The predicted molar refractivity (Wildman–Crippen MR) is 50.2 cm³/mol. The van der Waals surface area contributed by atoms with Gasteiger partial charge in [0.2, 0.25) is 0 Å². The molecule has 0 unspecified atom stereocenters. The lowest BCUT2D eigenvalue weighted by molar-refractivity contribution is -0.138. The number of esters is 1. The SMILES string of the molecule is C/C(=C\C(=O)OCCC(C)C)C(F)F. The summed E-state index contributed by atoms with van der Waals surface area (Å²) >= 11 is 0. The van der Waals surface area contributed by atoms with Crippen molar-refractivity contribution in [3.8, 4) is 0 Å². The molecule has 0 aliphatic heterocycles. The number of allylic oxidation sites excluding steroid dienone is 1. The lowest BCUT2D eigenvalue weighted by Crippen LogP contribution is -2.06. The van der Waals surface area contributed by atoms with Crippen LogP contribution in [0.3, 0.4) is 0 Å². The van der Waals surface area contributed by atoms with Crippen LogP contribution >= 0.6 is 0 Å². The van der Waals surface area contributed by atoms with Crippen molar-refractivity contribution in [2.24, 2.45) is 5.92 Å². The maximum atomic E-state index is 12.0. The van der Waals surface area contributed by atoms with Crippen molar-refractivity contribution in [2.45, 2.75) is 33.6 Å². The number of alkyl halides is 2. The minimum absolute atomic E-state index is 0.264. The van der Waals surface area contributed by atoms with Crippen molar-refractivity contribution in [1.29, 1.82) is 0 Å². The van der Waals surface area contributed by atoms with Crippen LogP contribution in [-0.4, -0.2) is 19.0 Å². The van der Waals surface area contributed by atoms with Crippen LogP contribution in [-0.2, 0) is 9.53 Å². The topological polar surface area (TPSA) is 26.3 Å². The van der Waals surface area contributed by atoms with Gasteiger partial charge < -0.3 is 4.74 Å². The predicted octanol–water partition coefficient (Wildman–Crippen LogP) is 2.79. The summed E-state index contributed by atoms with van der Waals surface area (Å²) in [6, 6.07) is 0. The normalized spacial score (nSPS) is 12.4. The maximum absolute atomic E-state index is 12.0. The Morgan fingerprint density at radius 3 is 2.43 bits per heavy atom. The third-order valence-corrected chi connectivity index (χ3v) is 1.63. The smallest absolute Gasteiger partial charge is 0.330 e. The van der Waals surface area contributed by atoms with Crippen molar-refractivity contribution < 1.29 is 18.3 Å². The Kier molecular flexibility index (Phi) is 6.08. The van der Waals surface area contributed by atoms with Crippen LogP contribution in [0, 0.1) is 5.92 Å². The second-order valence-corrected chi connectivity index (χ2v) is 3.54. The number of rotatable bonds is 5. The van der Waals surface area contributed by atoms with Gasteiger partial charge in [-0.05, 0) is 24.8 Å². The van der Waals surface area contributed by atoms with Gasteiger partial charge in [-0.25, -0.2) is 13.6 Å². The molecule has 0 aromatic heterocycles. The molecule has 14 heavy (non-hydrogen) atoms. The summed E-state index contributed by atoms with van der Waals surface area (Å²) in [5.41, 5.74) is -0.264. The number of hydrogen-bond acceptors (Lipinski definition) is 2. The first-order valence-electron chi connectivity index (χ1n) is 4.56. The van der Waals surface area contributed by atoms with Gasteiger partial charge in [0, 0.05) is 6.08 Å². The second kappa shape index (κ2) is 6.51. The molecule has 0 bridgehead atoms. The molecule has 4 heteroatoms. The van der Waals surface area contributed by atoms with E-state index in [-0.39, 0.29) is 12.2 Å². The fraction of sp³-hybridized carbons (Fsp3) is 0.700. The molecule has 0 aliphatic carbocycles. The molecule has 0 rings (SSSR count). The fourth-order valence-corrected chi connectivity index (χ4v) is 0.686. The summed E-state index contributed by atoms with van der Waals surface area (Å²) < 4.78 is 28.7. The van der Waals surface area contributed by atoms with E-state index in [1.165, 1.54) is 6.92 Å². The van der Waals surface area contributed by atoms with Crippen molar-refractivity contribution in [3.05, 3.63) is 11.6 Å². The molecule has 0 amide bonds. The highest BCUT2D eigenvalue weighted by molar-refractivity contribution is 5.82. The minimum Gasteiger partial charge on any atom is -0.463 e. The van der Waals surface area contributed by atoms with Crippen LogP contribution in [0.5, 0.6) is 0 Å². The van der Waals surface area contributed by atoms with Gasteiger partial charge >= 0.3 is 5.97 Å². The highest BCUT2D eigenvalue weighted by Gasteiger charge is 2.08. The Balaban J connectivity index is 3.81. The zero-order valence-electron chi connectivity index (χ0n) is 8.72. The zero-order valence-corrected chi connectivity index (χ0v) is 8.72. The maximum Gasteiger partial charge on any atom is 0.330 e. The Morgan fingerprint density at radius 1 is 1.43 bits per heavy atom. The Hall–Kier alpha value is -0.930. The highest BCUT2D eigenvalue weighted by Crippen LogP contribution is 2.07. The standard InChI is InChI=1S/C10H16F2O2/c1-7(2)4-5-14-9(13)6-8(3)10(11)12/h6-7,10H,4-5H2,1-3H3/b8-6+. The third-order valence-electron chi connectivity index (χ3n) is 1.63. The van der Waals surface area contributed by atoms with Gasteiger partial charge in [0.25, 0.3) is 6.43 Å². The molecule has 0 radical (unpaired) electrons. The molecule has 0 fully saturated rings. The monoisotopic (exact) mass is 206 g/mol. The average Bonchev–Trinajstić information content (AvgIpc) is 2.02. The fourth-order valence-electron chi connectivity index (χ4n) is 0.686. The van der Waals surface area contributed by atoms with Gasteiger partial charge in [-0.3, -0.25) is 0 Å². The van der Waals surface area contributed by atoms with E-state index in [0.717, 1.165) is 12.5 Å². The van der Waals surface area contributed by atoms with E-state index in [1.807, 2.05) is 13.8 Å². The summed E-state index contributed by atoms with van der Waals surface area (Å²) in [7, 11) is 0. The Bertz CT molecular complexity index is 210. The first-order chi connectivity index (χ1) is 6.43. The van der Waals surface area contributed by atoms with Gasteiger partial charge in [0.15, 0.2) is 0 Å². The van der Waals surface area contributed by atoms with E-state index < -0.39 is 12.4 Å². The summed E-state index contributed by atoms with van der Waals surface area (Å²) in [6.07, 6.45) is -1.01. The average molecular weight is 206 g/mol. The van der Waals surface area contributed by atoms with Crippen LogP contribution < -0.4 is 0 Å². The molecule has 0 aliphatic rings. The second-order valence-electron chi connectivity index (χ2n) is 3.54. The van der Waals surface area contributed by atoms with Crippen molar-refractivity contribution in [2.75, 3.05) is 6.61 Å². The van der Waals surface area contributed by atoms with E-state index in [4.69, 9.17) is 4.74 Å². The van der Waals surface area contributed by atoms with Gasteiger partial charge in [0.05, 0.1) is 6.61 Å². The summed E-state index contributed by atoms with van der Waals surface area (Å²) in [5, 5.41) is 0. The molecule has 0 heterocycles. The van der Waals surface area contributed by atoms with Crippen molar-refractivity contribution >= 4 is 5.97 Å². The molecule has 0 aromatic rings. The third kappa shape index (κ3) is 6.57. The van der Waals surface area contributed by atoms with Gasteiger partial charge in [-0.2, -0.15) is 0 Å². The van der Waals surface area contributed by atoms with Gasteiger partial charge in [-0.1, -0.05) is 13.8 Å². The molecular formula is C10H16F2O2. The quantitative estimate of drug-likeness (QED) is 0.510. The number of ether oxygens (including phenoxy) is 1. The van der Waals surface area contributed by atoms with E-state index in [0.29, 0.717) is 5.92 Å². The number of halogens is 2. The lowest BCUT2D eigenvalue weighted by atomic mass is 10.1. The zero-order chi connectivity index (χ0) is 11.1. The molecule has 0 saturated carbocycles. The van der Waals surface area contributed by atoms with Crippen LogP contribution in [0.4, 0.5) is 8.78 Å². The first-order valence-corrected chi connectivity index (χ1v) is 4.56. The summed E-state index contributed by atoms with van der Waals surface area (Å²) in [4.78, 5) is 10.9. The van der Waals surface area contributed by atoms with Gasteiger partial charge in [0.1, 0.15) is 0 Å². The molecule has 0 N–H and O–H groups in total. The first kappa shape index (κ1) is 13.1. The summed E-state index contributed by atoms with van der Waals surface area (Å²) in [5.74, 6) is -0.258. The molecular weight excluding hydrogens is 190 g/mol. The van der Waals surface area contributed by atoms with Crippen LogP contribution in [0.25, 0.3) is 0 Å². The van der Waals surface area contributed by atoms with E-state index >= 15 is 0 Å². The molecule has 0 spiro atoms. The van der Waals surface area contributed by atoms with Crippen LogP contribution in [0.1, 0.15) is 27.2 Å². The lowest BCUT2D eigenvalue weighted by Gasteiger charge is -2.05. The molecule has 0 saturated heterocycles. The number of carbonyl (C=O) groups is 1. The minimum atomic E-state index is -2.59. The van der Waals surface area contributed by atoms with Crippen molar-refractivity contribution in [3.63, 3.8) is 0 Å². The van der Waals surface area contributed by atoms with E-state index in [1.54, 1.807) is 0 Å². The van der Waals surface area contributed by atoms with Crippen LogP contribution in [0.15, 0.2) is 11.6 Å². The Morgan fingerprint density at radius 2 is 2.00 bits per heavy atom. The summed E-state index contributed by atoms with van der Waals surface area (Å²) in [6.45, 7) is 5.47. The highest BCUT2D eigenvalue weighted by atomic mass is 19.3. The number of carbonyl (C=O) groups excluding carboxylic acids is 1. The van der Waals surface area contributed by atoms with E-state index in [2.05, 4.69) is 0 Å². The van der Waals surface area contributed by atoms with E-state index in [9.17, 15) is 13.6 Å². The number of hydrogen-bond donors (Lipinski definition) is 0. The molecule has 82 valence electrons.